The molecule has 1 aromatic carbocycles. The largest absolute Gasteiger partial charge is 0.435 e. The van der Waals surface area contributed by atoms with E-state index < -0.39 is 12.6 Å². The second-order valence-corrected chi connectivity index (χ2v) is 4.65. The fourth-order valence-corrected chi connectivity index (χ4v) is 1.66. The molecular weight excluding hydrogens is 308 g/mol. The smallest absolute Gasteiger partial charge is 0.387 e. The molecule has 1 heterocycles. The zero-order valence-electron chi connectivity index (χ0n) is 12.5. The van der Waals surface area contributed by atoms with Gasteiger partial charge in [0.15, 0.2) is 0 Å². The summed E-state index contributed by atoms with van der Waals surface area (Å²) >= 11 is 0. The van der Waals surface area contributed by atoms with Gasteiger partial charge in [-0.1, -0.05) is 6.07 Å². The molecule has 0 spiro atoms. The monoisotopic (exact) mass is 323 g/mol. The molecule has 0 unspecified atom stereocenters. The number of nitrogens with one attached hydrogen (secondary N) is 2. The highest BCUT2D eigenvalue weighted by atomic mass is 19.3. The van der Waals surface area contributed by atoms with E-state index in [2.05, 4.69) is 25.3 Å². The standard InChI is InChI=1S/C14H15F2N5O2/c1-21(2)13-17-7-10(8-18-13)20-14(22)19-9-4-3-5-11(6-9)23-12(15)16/h3-8,12H,1-2H3,(H2,19,20,22). The maximum atomic E-state index is 12.2. The molecule has 0 saturated carbocycles. The molecule has 9 heteroatoms. The Balaban J connectivity index is 1.96. The molecule has 0 radical (unpaired) electrons. The van der Waals surface area contributed by atoms with Gasteiger partial charge in [-0.15, -0.1) is 0 Å². The number of urea groups is 1. The van der Waals surface area contributed by atoms with Gasteiger partial charge in [0, 0.05) is 25.8 Å². The Morgan fingerprint density at radius 3 is 2.43 bits per heavy atom. The molecule has 0 aliphatic rings. The first kappa shape index (κ1) is 16.4. The molecule has 23 heavy (non-hydrogen) atoms. The van der Waals surface area contributed by atoms with Crippen LogP contribution < -0.4 is 20.3 Å². The third kappa shape index (κ3) is 5.06. The molecule has 0 aliphatic carbocycles. The zero-order chi connectivity index (χ0) is 16.8. The summed E-state index contributed by atoms with van der Waals surface area (Å²) in [6.07, 6.45) is 2.91. The van der Waals surface area contributed by atoms with Gasteiger partial charge in [0.1, 0.15) is 5.75 Å². The molecule has 0 aliphatic heterocycles. The summed E-state index contributed by atoms with van der Waals surface area (Å²) < 4.78 is 28.6. The highest BCUT2D eigenvalue weighted by molar-refractivity contribution is 5.99. The lowest BCUT2D eigenvalue weighted by molar-refractivity contribution is -0.0497. The minimum Gasteiger partial charge on any atom is -0.435 e. The van der Waals surface area contributed by atoms with Crippen molar-refractivity contribution in [2.24, 2.45) is 0 Å². The van der Waals surface area contributed by atoms with Crippen molar-refractivity contribution in [3.8, 4) is 5.75 Å². The average molecular weight is 323 g/mol. The Bertz CT molecular complexity index is 664. The molecule has 2 N–H and O–H groups in total. The van der Waals surface area contributed by atoms with Gasteiger partial charge in [-0.3, -0.25) is 0 Å². The predicted octanol–water partition coefficient (Wildman–Crippen LogP) is 2.79. The summed E-state index contributed by atoms with van der Waals surface area (Å²) in [5.74, 6) is 0.462. The van der Waals surface area contributed by atoms with Crippen molar-refractivity contribution in [1.29, 1.82) is 0 Å². The van der Waals surface area contributed by atoms with Crippen LogP contribution in [0.4, 0.5) is 30.9 Å². The fourth-order valence-electron chi connectivity index (χ4n) is 1.66. The second-order valence-electron chi connectivity index (χ2n) is 4.65. The number of carbonyl (C=O) groups excluding carboxylic acids is 1. The van der Waals surface area contributed by atoms with Crippen LogP contribution in [0.5, 0.6) is 5.75 Å². The Labute approximate surface area is 131 Å². The Hall–Kier alpha value is -2.97. The maximum absolute atomic E-state index is 12.2. The molecule has 0 bridgehead atoms. The predicted molar refractivity (Wildman–Crippen MR) is 82.1 cm³/mol. The van der Waals surface area contributed by atoms with Crippen LogP contribution in [0.1, 0.15) is 0 Å². The Morgan fingerprint density at radius 2 is 1.83 bits per heavy atom. The van der Waals surface area contributed by atoms with Gasteiger partial charge in [0.25, 0.3) is 0 Å². The van der Waals surface area contributed by atoms with Gasteiger partial charge < -0.3 is 20.3 Å². The summed E-state index contributed by atoms with van der Waals surface area (Å²) in [6.45, 7) is -2.92. The lowest BCUT2D eigenvalue weighted by Crippen LogP contribution is -2.20. The first-order valence-corrected chi connectivity index (χ1v) is 6.56. The van der Waals surface area contributed by atoms with Crippen LogP contribution in [0, 0.1) is 0 Å². The van der Waals surface area contributed by atoms with E-state index in [1.807, 2.05) is 0 Å². The molecule has 1 aromatic heterocycles. The van der Waals surface area contributed by atoms with E-state index in [-0.39, 0.29) is 5.75 Å². The molecular formula is C14H15F2N5O2. The minimum atomic E-state index is -2.92. The lowest BCUT2D eigenvalue weighted by Gasteiger charge is -2.11. The van der Waals surface area contributed by atoms with Crippen molar-refractivity contribution in [1.82, 2.24) is 9.97 Å². The van der Waals surface area contributed by atoms with E-state index in [0.717, 1.165) is 0 Å². The molecule has 0 fully saturated rings. The number of amides is 2. The third-order valence-electron chi connectivity index (χ3n) is 2.61. The topological polar surface area (TPSA) is 79.4 Å². The number of hydrogen-bond acceptors (Lipinski definition) is 5. The highest BCUT2D eigenvalue weighted by Crippen LogP contribution is 2.19. The number of rotatable bonds is 5. The molecule has 2 aromatic rings. The van der Waals surface area contributed by atoms with Crippen molar-refractivity contribution >= 4 is 23.4 Å². The van der Waals surface area contributed by atoms with Crippen molar-refractivity contribution in [2.45, 2.75) is 6.61 Å². The molecule has 2 rings (SSSR count). The third-order valence-corrected chi connectivity index (χ3v) is 2.61. The Kier molecular flexibility index (Phi) is 5.23. The van der Waals surface area contributed by atoms with Crippen LogP contribution in [0.25, 0.3) is 0 Å². The lowest BCUT2D eigenvalue weighted by atomic mass is 10.3. The molecule has 122 valence electrons. The number of halogens is 2. The van der Waals surface area contributed by atoms with Crippen molar-refractivity contribution < 1.29 is 18.3 Å². The van der Waals surface area contributed by atoms with Gasteiger partial charge in [-0.2, -0.15) is 8.78 Å². The summed E-state index contributed by atoms with van der Waals surface area (Å²) in [7, 11) is 3.59. The van der Waals surface area contributed by atoms with Gasteiger partial charge >= 0.3 is 12.6 Å². The Morgan fingerprint density at radius 1 is 1.17 bits per heavy atom. The molecule has 0 saturated heterocycles. The molecule has 0 atom stereocenters. The SMILES string of the molecule is CN(C)c1ncc(NC(=O)Nc2cccc(OC(F)F)c2)cn1. The van der Waals surface area contributed by atoms with E-state index in [1.54, 1.807) is 25.1 Å². The summed E-state index contributed by atoms with van der Waals surface area (Å²) in [6, 6.07) is 5.13. The van der Waals surface area contributed by atoms with Crippen molar-refractivity contribution in [3.63, 3.8) is 0 Å². The summed E-state index contributed by atoms with van der Waals surface area (Å²) in [5, 5.41) is 5.03. The van der Waals surface area contributed by atoms with E-state index in [1.165, 1.54) is 30.6 Å². The normalized spacial score (nSPS) is 10.3. The van der Waals surface area contributed by atoms with Crippen molar-refractivity contribution in [2.75, 3.05) is 29.6 Å². The highest BCUT2D eigenvalue weighted by Gasteiger charge is 2.07. The maximum Gasteiger partial charge on any atom is 0.387 e. The van der Waals surface area contributed by atoms with Crippen LogP contribution in [0.2, 0.25) is 0 Å². The van der Waals surface area contributed by atoms with Crippen molar-refractivity contribution in [3.05, 3.63) is 36.7 Å². The minimum absolute atomic E-state index is 0.0449. The summed E-state index contributed by atoms with van der Waals surface area (Å²) in [4.78, 5) is 21.7. The number of benzene rings is 1. The number of hydrogen-bond donors (Lipinski definition) is 2. The number of ether oxygens (including phenoxy) is 1. The first-order chi connectivity index (χ1) is 10.9. The molecule has 2 amide bonds. The number of aromatic nitrogens is 2. The van der Waals surface area contributed by atoms with Gasteiger partial charge in [0.2, 0.25) is 5.95 Å². The van der Waals surface area contributed by atoms with E-state index >= 15 is 0 Å². The quantitative estimate of drug-likeness (QED) is 0.884. The number of anilines is 3. The van der Waals surface area contributed by atoms with Gasteiger partial charge in [-0.25, -0.2) is 14.8 Å². The van der Waals surface area contributed by atoms with Gasteiger partial charge in [-0.05, 0) is 12.1 Å². The number of nitrogens with zero attached hydrogens (tertiary/aromatic N) is 3. The van der Waals surface area contributed by atoms with E-state index in [4.69, 9.17) is 0 Å². The van der Waals surface area contributed by atoms with Crippen LogP contribution >= 0.6 is 0 Å². The number of alkyl halides is 2. The molecule has 7 nitrogen and oxygen atoms in total. The van der Waals surface area contributed by atoms with Crippen LogP contribution in [0.15, 0.2) is 36.7 Å². The first-order valence-electron chi connectivity index (χ1n) is 6.56. The average Bonchev–Trinajstić information content (AvgIpc) is 2.47. The second kappa shape index (κ2) is 7.34. The van der Waals surface area contributed by atoms with Crippen LogP contribution in [-0.4, -0.2) is 36.7 Å². The zero-order valence-corrected chi connectivity index (χ0v) is 12.5. The summed E-state index contributed by atoms with van der Waals surface area (Å²) in [5.41, 5.74) is 0.708. The van der Waals surface area contributed by atoms with E-state index in [9.17, 15) is 13.6 Å². The van der Waals surface area contributed by atoms with Gasteiger partial charge in [0.05, 0.1) is 18.1 Å². The number of carbonyl (C=O) groups is 1. The fraction of sp³-hybridized carbons (Fsp3) is 0.214. The van der Waals surface area contributed by atoms with Crippen LogP contribution in [-0.2, 0) is 0 Å². The van der Waals surface area contributed by atoms with Crippen LogP contribution in [0.3, 0.4) is 0 Å². The van der Waals surface area contributed by atoms with E-state index in [0.29, 0.717) is 17.3 Å².